The Bertz CT molecular complexity index is 965. The van der Waals surface area contributed by atoms with Crippen molar-refractivity contribution < 1.29 is 5.11 Å². The van der Waals surface area contributed by atoms with Gasteiger partial charge in [-0.3, -0.25) is 0 Å². The number of aliphatic hydroxyl groups excluding tert-OH is 1. The first-order valence-electron chi connectivity index (χ1n) is 9.67. The van der Waals surface area contributed by atoms with Crippen molar-refractivity contribution >= 4 is 28.7 Å². The van der Waals surface area contributed by atoms with Crippen molar-refractivity contribution in [2.45, 2.75) is 39.7 Å². The van der Waals surface area contributed by atoms with E-state index in [9.17, 15) is 5.11 Å². The van der Waals surface area contributed by atoms with Crippen LogP contribution in [0.4, 0.5) is 17.3 Å². The molecule has 4 rings (SSSR count). The quantitative estimate of drug-likeness (QED) is 0.665. The summed E-state index contributed by atoms with van der Waals surface area (Å²) < 4.78 is 0. The molecule has 3 heterocycles. The highest BCUT2D eigenvalue weighted by Gasteiger charge is 2.14. The molecular weight excluding hydrogens is 370 g/mol. The Kier molecular flexibility index (Phi) is 5.54. The van der Waals surface area contributed by atoms with Crippen molar-refractivity contribution in [3.63, 3.8) is 0 Å². The Balaban J connectivity index is 1.54. The number of nitrogens with one attached hydrogen (secondary N) is 1. The first-order valence-corrected chi connectivity index (χ1v) is 10.5. The van der Waals surface area contributed by atoms with Crippen LogP contribution < -0.4 is 10.2 Å². The van der Waals surface area contributed by atoms with Gasteiger partial charge < -0.3 is 15.3 Å². The number of aryl methyl sites for hydroxylation is 2. The molecular formula is C21H25N5OS. The molecule has 0 saturated carbocycles. The molecule has 2 aromatic heterocycles. The minimum absolute atomic E-state index is 0.0512. The maximum atomic E-state index is 9.31. The molecule has 1 aromatic carbocycles. The number of aliphatic hydroxyl groups is 1. The fourth-order valence-electron chi connectivity index (χ4n) is 3.65. The first kappa shape index (κ1) is 18.8. The van der Waals surface area contributed by atoms with E-state index in [2.05, 4.69) is 50.3 Å². The van der Waals surface area contributed by atoms with Crippen LogP contribution in [-0.2, 0) is 6.61 Å². The van der Waals surface area contributed by atoms with Crippen molar-refractivity contribution in [3.05, 3.63) is 46.7 Å². The third-order valence-corrected chi connectivity index (χ3v) is 6.18. The first-order chi connectivity index (χ1) is 13.6. The van der Waals surface area contributed by atoms with E-state index in [1.165, 1.54) is 41.9 Å². The maximum Gasteiger partial charge on any atom is 0.227 e. The van der Waals surface area contributed by atoms with Gasteiger partial charge >= 0.3 is 0 Å². The number of hydrogen-bond acceptors (Lipinski definition) is 7. The van der Waals surface area contributed by atoms with Gasteiger partial charge in [-0.15, -0.1) is 11.3 Å². The number of hydrogen-bond donors (Lipinski definition) is 2. The van der Waals surface area contributed by atoms with E-state index in [1.807, 2.05) is 13.0 Å². The molecule has 2 N–H and O–H groups in total. The van der Waals surface area contributed by atoms with Crippen LogP contribution in [0.2, 0.25) is 0 Å². The summed E-state index contributed by atoms with van der Waals surface area (Å²) in [6, 6.07) is 8.31. The van der Waals surface area contributed by atoms with E-state index in [1.54, 1.807) is 6.20 Å². The Morgan fingerprint density at radius 2 is 1.93 bits per heavy atom. The average Bonchev–Trinajstić information content (AvgIpc) is 3.10. The molecule has 1 aliphatic rings. The molecule has 3 aromatic rings. The van der Waals surface area contributed by atoms with E-state index < -0.39 is 0 Å². The number of benzene rings is 1. The van der Waals surface area contributed by atoms with Crippen LogP contribution in [0.3, 0.4) is 0 Å². The standard InChI is InChI=1S/C21H25N5OS/c1-14-12-16(6-7-18(14)26-10-4-3-5-11-26)24-21-22-9-8-17(25-21)20-15(2)23-19(13-27)28-20/h6-9,12,27H,3-5,10-11,13H2,1-2H3,(H,22,24,25). The van der Waals surface area contributed by atoms with Gasteiger partial charge in [-0.05, 0) is 62.9 Å². The summed E-state index contributed by atoms with van der Waals surface area (Å²) in [6.45, 7) is 6.32. The second-order valence-electron chi connectivity index (χ2n) is 7.12. The maximum absolute atomic E-state index is 9.31. The Morgan fingerprint density at radius 1 is 1.11 bits per heavy atom. The number of rotatable bonds is 5. The van der Waals surface area contributed by atoms with Crippen LogP contribution in [0.25, 0.3) is 10.6 Å². The normalized spacial score (nSPS) is 14.3. The third kappa shape index (κ3) is 4.00. The summed E-state index contributed by atoms with van der Waals surface area (Å²) in [5.74, 6) is 0.556. The Hall–Kier alpha value is -2.51. The molecule has 28 heavy (non-hydrogen) atoms. The lowest BCUT2D eigenvalue weighted by Crippen LogP contribution is -2.29. The van der Waals surface area contributed by atoms with Crippen molar-refractivity contribution in [1.82, 2.24) is 15.0 Å². The topological polar surface area (TPSA) is 74.2 Å². The lowest BCUT2D eigenvalue weighted by Gasteiger charge is -2.30. The molecule has 1 aliphatic heterocycles. The van der Waals surface area contributed by atoms with Gasteiger partial charge in [0.1, 0.15) is 5.01 Å². The number of piperidine rings is 1. The van der Waals surface area contributed by atoms with Gasteiger partial charge in [0.15, 0.2) is 0 Å². The molecule has 1 saturated heterocycles. The number of aromatic nitrogens is 3. The molecule has 0 radical (unpaired) electrons. The number of anilines is 3. The molecule has 0 aliphatic carbocycles. The SMILES string of the molecule is Cc1cc(Nc2nccc(-c3sc(CO)nc3C)n2)ccc1N1CCCCC1. The van der Waals surface area contributed by atoms with Crippen molar-refractivity contribution in [1.29, 1.82) is 0 Å². The lowest BCUT2D eigenvalue weighted by molar-refractivity contribution is 0.281. The van der Waals surface area contributed by atoms with Crippen molar-refractivity contribution in [2.75, 3.05) is 23.3 Å². The predicted molar refractivity (Wildman–Crippen MR) is 114 cm³/mol. The highest BCUT2D eigenvalue weighted by Crippen LogP contribution is 2.30. The minimum atomic E-state index is -0.0512. The molecule has 1 fully saturated rings. The molecule has 6 nitrogen and oxygen atoms in total. The molecule has 146 valence electrons. The van der Waals surface area contributed by atoms with Gasteiger partial charge in [0.2, 0.25) is 5.95 Å². The van der Waals surface area contributed by atoms with Gasteiger partial charge in [-0.1, -0.05) is 0 Å². The van der Waals surface area contributed by atoms with E-state index in [0.717, 1.165) is 35.0 Å². The predicted octanol–water partition coefficient (Wildman–Crippen LogP) is 4.44. The third-order valence-electron chi connectivity index (χ3n) is 5.01. The van der Waals surface area contributed by atoms with Crippen molar-refractivity contribution in [3.8, 4) is 10.6 Å². The summed E-state index contributed by atoms with van der Waals surface area (Å²) in [7, 11) is 0. The summed E-state index contributed by atoms with van der Waals surface area (Å²) in [6.07, 6.45) is 5.63. The van der Waals surface area contributed by atoms with Crippen LogP contribution in [0, 0.1) is 13.8 Å². The van der Waals surface area contributed by atoms with Crippen molar-refractivity contribution in [2.24, 2.45) is 0 Å². The molecule has 0 unspecified atom stereocenters. The zero-order valence-electron chi connectivity index (χ0n) is 16.3. The fourth-order valence-corrected chi connectivity index (χ4v) is 4.55. The molecule has 0 amide bonds. The van der Waals surface area contributed by atoms with Gasteiger partial charge in [0, 0.05) is 30.7 Å². The summed E-state index contributed by atoms with van der Waals surface area (Å²) >= 11 is 1.46. The smallest absolute Gasteiger partial charge is 0.227 e. The van der Waals surface area contributed by atoms with Gasteiger partial charge in [0.25, 0.3) is 0 Å². The highest BCUT2D eigenvalue weighted by molar-refractivity contribution is 7.15. The van der Waals surface area contributed by atoms with E-state index in [-0.39, 0.29) is 6.61 Å². The second-order valence-corrected chi connectivity index (χ2v) is 8.20. The Morgan fingerprint density at radius 3 is 2.64 bits per heavy atom. The van der Waals surface area contributed by atoms with E-state index in [4.69, 9.17) is 0 Å². The minimum Gasteiger partial charge on any atom is -0.389 e. The number of thiazole rings is 1. The van der Waals surface area contributed by atoms with Crippen LogP contribution >= 0.6 is 11.3 Å². The highest BCUT2D eigenvalue weighted by atomic mass is 32.1. The van der Waals surface area contributed by atoms with Crippen LogP contribution in [-0.4, -0.2) is 33.1 Å². The van der Waals surface area contributed by atoms with Crippen LogP contribution in [0.15, 0.2) is 30.5 Å². The largest absolute Gasteiger partial charge is 0.389 e. The van der Waals surface area contributed by atoms with Gasteiger partial charge in [-0.2, -0.15) is 0 Å². The lowest BCUT2D eigenvalue weighted by atomic mass is 10.1. The molecule has 0 spiro atoms. The van der Waals surface area contributed by atoms with Crippen LogP contribution in [0.5, 0.6) is 0 Å². The zero-order valence-corrected chi connectivity index (χ0v) is 17.1. The summed E-state index contributed by atoms with van der Waals surface area (Å²) in [5.41, 5.74) is 5.24. The fraction of sp³-hybridized carbons (Fsp3) is 0.381. The summed E-state index contributed by atoms with van der Waals surface area (Å²) in [4.78, 5) is 16.8. The van der Waals surface area contributed by atoms with E-state index >= 15 is 0 Å². The summed E-state index contributed by atoms with van der Waals surface area (Å²) in [5, 5.41) is 13.3. The average molecular weight is 396 g/mol. The zero-order chi connectivity index (χ0) is 19.5. The molecule has 0 bridgehead atoms. The van der Waals surface area contributed by atoms with Crippen LogP contribution in [0.1, 0.15) is 35.5 Å². The molecule has 0 atom stereocenters. The Labute approximate surface area is 169 Å². The molecule has 7 heteroatoms. The van der Waals surface area contributed by atoms with E-state index in [0.29, 0.717) is 11.0 Å². The monoisotopic (exact) mass is 395 g/mol. The van der Waals surface area contributed by atoms with Gasteiger partial charge in [-0.25, -0.2) is 15.0 Å². The number of nitrogens with zero attached hydrogens (tertiary/aromatic N) is 4. The van der Waals surface area contributed by atoms with Gasteiger partial charge in [0.05, 0.1) is 22.9 Å². The second kappa shape index (κ2) is 8.24.